The van der Waals surface area contributed by atoms with Gasteiger partial charge in [0, 0.05) is 0 Å². The third-order valence-corrected chi connectivity index (χ3v) is 6.12. The van der Waals surface area contributed by atoms with Crippen LogP contribution in [0.4, 0.5) is 0 Å². The zero-order chi connectivity index (χ0) is 20.4. The monoisotopic (exact) mass is 418 g/mol. The molecule has 144 valence electrons. The molecule has 1 fully saturated rings. The van der Waals surface area contributed by atoms with Crippen LogP contribution in [0.3, 0.4) is 0 Å². The van der Waals surface area contributed by atoms with Gasteiger partial charge in [-0.2, -0.15) is 0 Å². The predicted octanol–water partition coefficient (Wildman–Crippen LogP) is 3.40. The van der Waals surface area contributed by atoms with Gasteiger partial charge in [0.05, 0.1) is 16.9 Å². The molecule has 0 aliphatic carbocycles. The summed E-state index contributed by atoms with van der Waals surface area (Å²) in [5, 5.41) is 13.9. The molecular formula is C23H16NO3S2-. The zero-order valence-corrected chi connectivity index (χ0v) is 16.9. The number of hydrogen-bond acceptors (Lipinski definition) is 5. The standard InChI is InChI=1S/C23H17NO3S2/c25-21-20(14-17-11-6-10-16-9-4-5-12-18(16)17)29-23(28)24(21)19(22(26)27)13-15-7-2-1-3-8-15/h1-12,14,19H,13H2,(H,26,27)/p-1. The Kier molecular flexibility index (Phi) is 5.47. The van der Waals surface area contributed by atoms with E-state index in [0.29, 0.717) is 4.91 Å². The molecule has 0 aromatic heterocycles. The van der Waals surface area contributed by atoms with Gasteiger partial charge in [-0.3, -0.25) is 9.69 Å². The molecule has 0 N–H and O–H groups in total. The minimum absolute atomic E-state index is 0.136. The van der Waals surface area contributed by atoms with Crippen molar-refractivity contribution in [1.29, 1.82) is 0 Å². The molecule has 4 nitrogen and oxygen atoms in total. The predicted molar refractivity (Wildman–Crippen MR) is 118 cm³/mol. The van der Waals surface area contributed by atoms with Gasteiger partial charge in [-0.15, -0.1) is 0 Å². The van der Waals surface area contributed by atoms with Crippen molar-refractivity contribution in [2.75, 3.05) is 0 Å². The summed E-state index contributed by atoms with van der Waals surface area (Å²) >= 11 is 6.47. The molecule has 1 atom stereocenters. The minimum atomic E-state index is -1.32. The van der Waals surface area contributed by atoms with Crippen LogP contribution in [0.2, 0.25) is 0 Å². The molecule has 4 rings (SSSR count). The summed E-state index contributed by atoms with van der Waals surface area (Å²) in [6.45, 7) is 0. The van der Waals surface area contributed by atoms with E-state index < -0.39 is 17.9 Å². The van der Waals surface area contributed by atoms with Gasteiger partial charge in [-0.25, -0.2) is 0 Å². The second kappa shape index (κ2) is 8.19. The lowest BCUT2D eigenvalue weighted by atomic mass is 10.0. The van der Waals surface area contributed by atoms with Crippen LogP contribution in [0.15, 0.2) is 77.7 Å². The number of carboxylic acids is 1. The smallest absolute Gasteiger partial charge is 0.266 e. The molecule has 1 heterocycles. The van der Waals surface area contributed by atoms with Crippen LogP contribution in [0.5, 0.6) is 0 Å². The number of carbonyl (C=O) groups is 2. The normalized spacial score (nSPS) is 16.6. The van der Waals surface area contributed by atoms with Crippen LogP contribution < -0.4 is 5.11 Å². The lowest BCUT2D eigenvalue weighted by Crippen LogP contribution is -2.51. The molecule has 1 saturated heterocycles. The van der Waals surface area contributed by atoms with Gasteiger partial charge in [-0.1, -0.05) is 96.8 Å². The Morgan fingerprint density at radius 1 is 1.03 bits per heavy atom. The summed E-state index contributed by atoms with van der Waals surface area (Å²) in [7, 11) is 0. The summed E-state index contributed by atoms with van der Waals surface area (Å²) in [5.74, 6) is -1.73. The maximum Gasteiger partial charge on any atom is 0.266 e. The Morgan fingerprint density at radius 3 is 2.48 bits per heavy atom. The Balaban J connectivity index is 1.67. The van der Waals surface area contributed by atoms with Gasteiger partial charge in [0.25, 0.3) is 5.91 Å². The average molecular weight is 419 g/mol. The van der Waals surface area contributed by atoms with Crippen molar-refractivity contribution in [3.8, 4) is 0 Å². The van der Waals surface area contributed by atoms with Crippen LogP contribution in [0, 0.1) is 0 Å². The fourth-order valence-corrected chi connectivity index (χ4v) is 4.73. The highest BCUT2D eigenvalue weighted by Gasteiger charge is 2.37. The lowest BCUT2D eigenvalue weighted by Gasteiger charge is -2.27. The number of thioether (sulfide) groups is 1. The second-order valence-electron chi connectivity index (χ2n) is 6.64. The third-order valence-electron chi connectivity index (χ3n) is 4.79. The number of nitrogens with zero attached hydrogens (tertiary/aromatic N) is 1. The number of fused-ring (bicyclic) bond motifs is 1. The van der Waals surface area contributed by atoms with E-state index in [1.165, 1.54) is 4.90 Å². The maximum absolute atomic E-state index is 13.1. The van der Waals surface area contributed by atoms with E-state index in [2.05, 4.69) is 0 Å². The SMILES string of the molecule is O=C([O-])C(Cc1ccccc1)N1C(=O)C(=Cc2cccc3ccccc23)SC1=S. The van der Waals surface area contributed by atoms with Crippen LogP contribution in [0.25, 0.3) is 16.8 Å². The first-order valence-corrected chi connectivity index (χ1v) is 10.3. The van der Waals surface area contributed by atoms with E-state index in [4.69, 9.17) is 12.2 Å². The van der Waals surface area contributed by atoms with Gasteiger partial charge in [0.2, 0.25) is 0 Å². The summed E-state index contributed by atoms with van der Waals surface area (Å²) in [6, 6.07) is 21.7. The fourth-order valence-electron chi connectivity index (χ4n) is 3.38. The van der Waals surface area contributed by atoms with E-state index in [9.17, 15) is 14.7 Å². The number of hydrogen-bond donors (Lipinski definition) is 0. The van der Waals surface area contributed by atoms with Gasteiger partial charge in [-0.05, 0) is 34.4 Å². The van der Waals surface area contributed by atoms with E-state index in [0.717, 1.165) is 33.7 Å². The number of carbonyl (C=O) groups excluding carboxylic acids is 2. The van der Waals surface area contributed by atoms with E-state index in [-0.39, 0.29) is 10.7 Å². The average Bonchev–Trinajstić information content (AvgIpc) is 3.00. The molecule has 3 aromatic rings. The van der Waals surface area contributed by atoms with Crippen molar-refractivity contribution < 1.29 is 14.7 Å². The van der Waals surface area contributed by atoms with E-state index in [1.54, 1.807) is 6.08 Å². The summed E-state index contributed by atoms with van der Waals surface area (Å²) in [4.78, 5) is 26.5. The van der Waals surface area contributed by atoms with E-state index in [1.807, 2.05) is 72.8 Å². The van der Waals surface area contributed by atoms with Crippen LogP contribution >= 0.6 is 24.0 Å². The molecule has 1 unspecified atom stereocenters. The second-order valence-corrected chi connectivity index (χ2v) is 8.32. The Hall–Kier alpha value is -2.96. The first-order chi connectivity index (χ1) is 14.0. The molecule has 1 aliphatic heterocycles. The number of benzene rings is 3. The van der Waals surface area contributed by atoms with Crippen molar-refractivity contribution in [1.82, 2.24) is 4.90 Å². The Labute approximate surface area is 177 Å². The Morgan fingerprint density at radius 2 is 1.72 bits per heavy atom. The zero-order valence-electron chi connectivity index (χ0n) is 15.3. The highest BCUT2D eigenvalue weighted by molar-refractivity contribution is 8.26. The van der Waals surface area contributed by atoms with E-state index >= 15 is 0 Å². The molecular weight excluding hydrogens is 402 g/mol. The maximum atomic E-state index is 13.1. The molecule has 0 saturated carbocycles. The van der Waals surface area contributed by atoms with Crippen molar-refractivity contribution in [2.45, 2.75) is 12.5 Å². The summed E-state index contributed by atoms with van der Waals surface area (Å²) in [6.07, 6.45) is 1.91. The summed E-state index contributed by atoms with van der Waals surface area (Å²) in [5.41, 5.74) is 1.69. The lowest BCUT2D eigenvalue weighted by molar-refractivity contribution is -0.310. The largest absolute Gasteiger partial charge is 0.548 e. The molecule has 6 heteroatoms. The molecule has 1 amide bonds. The quantitative estimate of drug-likeness (QED) is 0.470. The van der Waals surface area contributed by atoms with Crippen LogP contribution in [0.1, 0.15) is 11.1 Å². The van der Waals surface area contributed by atoms with Gasteiger partial charge >= 0.3 is 0 Å². The van der Waals surface area contributed by atoms with Gasteiger partial charge in [0.1, 0.15) is 4.32 Å². The molecule has 1 aliphatic rings. The number of aliphatic carboxylic acids is 1. The van der Waals surface area contributed by atoms with Crippen molar-refractivity contribution in [3.63, 3.8) is 0 Å². The van der Waals surface area contributed by atoms with Crippen LogP contribution in [-0.4, -0.2) is 27.1 Å². The first kappa shape index (κ1) is 19.4. The number of amides is 1. The third kappa shape index (κ3) is 3.95. The number of rotatable bonds is 5. The summed E-state index contributed by atoms with van der Waals surface area (Å²) < 4.78 is 0.228. The highest BCUT2D eigenvalue weighted by atomic mass is 32.2. The minimum Gasteiger partial charge on any atom is -0.548 e. The van der Waals surface area contributed by atoms with Gasteiger partial charge in [0.15, 0.2) is 0 Å². The number of carboxylic acid groups (broad SMARTS) is 1. The first-order valence-electron chi connectivity index (χ1n) is 9.04. The molecule has 3 aromatic carbocycles. The molecule has 0 radical (unpaired) electrons. The molecule has 0 spiro atoms. The molecule has 29 heavy (non-hydrogen) atoms. The Bertz CT molecular complexity index is 1140. The number of thiocarbonyl (C=S) groups is 1. The van der Waals surface area contributed by atoms with Crippen molar-refractivity contribution in [3.05, 3.63) is 88.8 Å². The fraction of sp³-hybridized carbons (Fsp3) is 0.0870. The van der Waals surface area contributed by atoms with Gasteiger partial charge < -0.3 is 9.90 Å². The highest BCUT2D eigenvalue weighted by Crippen LogP contribution is 2.35. The van der Waals surface area contributed by atoms with Crippen LogP contribution in [-0.2, 0) is 16.0 Å². The molecule has 0 bridgehead atoms. The van der Waals surface area contributed by atoms with Crippen molar-refractivity contribution >= 4 is 57.0 Å². The topological polar surface area (TPSA) is 60.4 Å². The van der Waals surface area contributed by atoms with Crippen molar-refractivity contribution in [2.24, 2.45) is 0 Å².